The van der Waals surface area contributed by atoms with Crippen molar-refractivity contribution >= 4 is 48.3 Å². The Labute approximate surface area is 188 Å². The first kappa shape index (κ1) is 21.5. The molecule has 7 nitrogen and oxygen atoms in total. The molecule has 0 saturated carbocycles. The Hall–Kier alpha value is -2.78. The van der Waals surface area contributed by atoms with Gasteiger partial charge < -0.3 is 5.73 Å². The van der Waals surface area contributed by atoms with E-state index in [0.29, 0.717) is 17.8 Å². The summed E-state index contributed by atoms with van der Waals surface area (Å²) in [4.78, 5) is 17.9. The van der Waals surface area contributed by atoms with Crippen LogP contribution < -0.4 is 15.9 Å². The molecule has 0 aliphatic carbocycles. The van der Waals surface area contributed by atoms with Crippen LogP contribution in [-0.2, 0) is 16.4 Å². The number of benzene rings is 1. The van der Waals surface area contributed by atoms with E-state index < -0.39 is 9.84 Å². The number of fused-ring (bicyclic) bond motifs is 2. The Kier molecular flexibility index (Phi) is 5.81. The number of aryl methyl sites for hydroxylation is 1. The lowest BCUT2D eigenvalue weighted by atomic mass is 10.2. The van der Waals surface area contributed by atoms with Gasteiger partial charge in [0.05, 0.1) is 11.4 Å². The van der Waals surface area contributed by atoms with E-state index in [-0.39, 0.29) is 26.6 Å². The number of nitrogens with zero attached hydrogens (tertiary/aromatic N) is 3. The van der Waals surface area contributed by atoms with Crippen molar-refractivity contribution in [2.45, 2.75) is 42.5 Å². The van der Waals surface area contributed by atoms with Crippen LogP contribution in [0.2, 0.25) is 0 Å². The predicted octanol–water partition coefficient (Wildman–Crippen LogP) is 3.50. The van der Waals surface area contributed by atoms with Crippen LogP contribution in [0.3, 0.4) is 0 Å². The molecular formula is C22H22BrN4O3S+. The SMILES string of the molecule is CCCCC[n+]1c(N)c(S(=O)(=O)c2ccc(Br)cc2)cc2c(=O)n3ccccc3nc21. The topological polar surface area (TPSA) is 98.4 Å². The highest BCUT2D eigenvalue weighted by atomic mass is 79.9. The maximum absolute atomic E-state index is 13.4. The van der Waals surface area contributed by atoms with Crippen molar-refractivity contribution in [1.82, 2.24) is 9.38 Å². The Morgan fingerprint density at radius 1 is 1.13 bits per heavy atom. The summed E-state index contributed by atoms with van der Waals surface area (Å²) in [5.74, 6) is 0.0821. The summed E-state index contributed by atoms with van der Waals surface area (Å²) in [5, 5.41) is 0.213. The Bertz CT molecular complexity index is 1450. The standard InChI is InChI=1S/C22H21BrN4O3S/c1-2-3-5-13-27-20(24)18(31(29,30)16-10-8-15(23)9-11-16)14-17-21(27)25-19-7-4-6-12-26(19)22(17)28/h4,6-12,14,24H,2-3,5,13H2,1H3/p+1. The lowest BCUT2D eigenvalue weighted by Gasteiger charge is -2.13. The van der Waals surface area contributed by atoms with Crippen molar-refractivity contribution in [1.29, 1.82) is 0 Å². The zero-order valence-corrected chi connectivity index (χ0v) is 19.4. The quantitative estimate of drug-likeness (QED) is 0.247. The predicted molar refractivity (Wildman–Crippen MR) is 123 cm³/mol. The molecule has 4 rings (SSSR count). The molecule has 3 aromatic heterocycles. The van der Waals surface area contributed by atoms with Crippen LogP contribution in [0.4, 0.5) is 5.82 Å². The summed E-state index contributed by atoms with van der Waals surface area (Å²) in [6.07, 6.45) is 4.35. The van der Waals surface area contributed by atoms with Gasteiger partial charge in [0.15, 0.2) is 0 Å². The molecule has 9 heteroatoms. The Balaban J connectivity index is 2.05. The second-order valence-electron chi connectivity index (χ2n) is 7.29. The van der Waals surface area contributed by atoms with Crippen molar-refractivity contribution < 1.29 is 13.0 Å². The second kappa shape index (κ2) is 8.39. The Morgan fingerprint density at radius 3 is 2.58 bits per heavy atom. The van der Waals surface area contributed by atoms with Gasteiger partial charge in [-0.25, -0.2) is 13.0 Å². The minimum absolute atomic E-state index is 0.0821. The van der Waals surface area contributed by atoms with Gasteiger partial charge in [-0.3, -0.25) is 9.20 Å². The van der Waals surface area contributed by atoms with Gasteiger partial charge in [-0.05, 0) is 48.9 Å². The van der Waals surface area contributed by atoms with E-state index in [9.17, 15) is 13.2 Å². The molecule has 0 atom stereocenters. The number of sulfone groups is 1. The lowest BCUT2D eigenvalue weighted by molar-refractivity contribution is -0.660. The van der Waals surface area contributed by atoms with Crippen LogP contribution in [0.5, 0.6) is 0 Å². The van der Waals surface area contributed by atoms with Crippen LogP contribution in [0, 0.1) is 0 Å². The van der Waals surface area contributed by atoms with Gasteiger partial charge in [-0.15, -0.1) is 0 Å². The number of aromatic nitrogens is 3. The van der Waals surface area contributed by atoms with E-state index in [1.807, 2.05) is 0 Å². The first-order chi connectivity index (χ1) is 14.8. The van der Waals surface area contributed by atoms with Gasteiger partial charge in [0.25, 0.3) is 11.2 Å². The van der Waals surface area contributed by atoms with Crippen LogP contribution in [0.15, 0.2) is 73.8 Å². The van der Waals surface area contributed by atoms with E-state index in [0.717, 1.165) is 23.7 Å². The number of nitrogens with two attached hydrogens (primary N) is 1. The van der Waals surface area contributed by atoms with Gasteiger partial charge in [0.2, 0.25) is 21.3 Å². The van der Waals surface area contributed by atoms with Crippen LogP contribution in [-0.4, -0.2) is 17.8 Å². The molecule has 3 heterocycles. The molecule has 2 N–H and O–H groups in total. The van der Waals surface area contributed by atoms with Crippen molar-refractivity contribution in [3.8, 4) is 0 Å². The average Bonchev–Trinajstić information content (AvgIpc) is 2.76. The van der Waals surface area contributed by atoms with Crippen molar-refractivity contribution in [3.05, 3.63) is 69.6 Å². The third-order valence-corrected chi connectivity index (χ3v) is 7.55. The largest absolute Gasteiger partial charge is 0.317 e. The molecule has 0 aliphatic heterocycles. The molecule has 0 radical (unpaired) electrons. The van der Waals surface area contributed by atoms with Crippen LogP contribution in [0.1, 0.15) is 26.2 Å². The van der Waals surface area contributed by atoms with Gasteiger partial charge >= 0.3 is 0 Å². The molecule has 0 spiro atoms. The maximum atomic E-state index is 13.4. The summed E-state index contributed by atoms with van der Waals surface area (Å²) in [6.45, 7) is 2.55. The molecule has 1 aromatic carbocycles. The molecule has 160 valence electrons. The molecule has 4 aromatic rings. The fraction of sp³-hybridized carbons (Fsp3) is 0.227. The number of nitrogen functional groups attached to an aromatic ring is 1. The van der Waals surface area contributed by atoms with E-state index in [1.54, 1.807) is 41.1 Å². The number of halogens is 1. The van der Waals surface area contributed by atoms with Crippen LogP contribution >= 0.6 is 15.9 Å². The minimum Gasteiger partial charge on any atom is -0.317 e. The molecule has 31 heavy (non-hydrogen) atoms. The third-order valence-electron chi connectivity index (χ3n) is 5.22. The zero-order chi connectivity index (χ0) is 22.2. The number of hydrogen-bond acceptors (Lipinski definition) is 5. The highest BCUT2D eigenvalue weighted by Gasteiger charge is 2.29. The molecule has 0 saturated heterocycles. The van der Waals surface area contributed by atoms with Gasteiger partial charge in [0, 0.05) is 10.7 Å². The molecule has 0 unspecified atom stereocenters. The molecule has 0 fully saturated rings. The van der Waals surface area contributed by atoms with E-state index in [4.69, 9.17) is 5.73 Å². The number of rotatable bonds is 6. The zero-order valence-electron chi connectivity index (χ0n) is 17.0. The van der Waals surface area contributed by atoms with E-state index >= 15 is 0 Å². The fourth-order valence-electron chi connectivity index (χ4n) is 3.58. The molecule has 0 amide bonds. The van der Waals surface area contributed by atoms with E-state index in [2.05, 4.69) is 27.8 Å². The van der Waals surface area contributed by atoms with Gasteiger partial charge in [-0.1, -0.05) is 46.7 Å². The smallest absolute Gasteiger partial charge is 0.278 e. The maximum Gasteiger partial charge on any atom is 0.278 e. The number of hydrogen-bond donors (Lipinski definition) is 1. The van der Waals surface area contributed by atoms with Crippen LogP contribution in [0.25, 0.3) is 16.7 Å². The number of unbranched alkanes of at least 4 members (excludes halogenated alkanes) is 2. The monoisotopic (exact) mass is 501 g/mol. The lowest BCUT2D eigenvalue weighted by Crippen LogP contribution is -2.41. The van der Waals surface area contributed by atoms with Gasteiger partial charge in [-0.2, -0.15) is 0 Å². The fourth-order valence-corrected chi connectivity index (χ4v) is 5.25. The highest BCUT2D eigenvalue weighted by molar-refractivity contribution is 9.10. The second-order valence-corrected chi connectivity index (χ2v) is 10.1. The molecule has 0 bridgehead atoms. The van der Waals surface area contributed by atoms with E-state index in [1.165, 1.54) is 22.6 Å². The van der Waals surface area contributed by atoms with Gasteiger partial charge in [0.1, 0.15) is 10.3 Å². The summed E-state index contributed by atoms with van der Waals surface area (Å²) in [5.41, 5.74) is 6.94. The first-order valence-electron chi connectivity index (χ1n) is 9.98. The summed E-state index contributed by atoms with van der Waals surface area (Å²) in [7, 11) is -3.94. The van der Waals surface area contributed by atoms with Crippen molar-refractivity contribution in [2.75, 3.05) is 5.73 Å². The van der Waals surface area contributed by atoms with Crippen molar-refractivity contribution in [2.24, 2.45) is 0 Å². The Morgan fingerprint density at radius 2 is 1.87 bits per heavy atom. The minimum atomic E-state index is -3.94. The normalized spacial score (nSPS) is 11.9. The molecular weight excluding hydrogens is 480 g/mol. The summed E-state index contributed by atoms with van der Waals surface area (Å²) >= 11 is 3.32. The first-order valence-corrected chi connectivity index (χ1v) is 12.3. The van der Waals surface area contributed by atoms with Crippen molar-refractivity contribution in [3.63, 3.8) is 0 Å². The number of pyridine rings is 2. The number of anilines is 1. The summed E-state index contributed by atoms with van der Waals surface area (Å²) < 4.78 is 30.7. The highest BCUT2D eigenvalue weighted by Crippen LogP contribution is 2.27. The summed E-state index contributed by atoms with van der Waals surface area (Å²) in [6, 6.07) is 12.9. The third kappa shape index (κ3) is 3.83. The molecule has 0 aliphatic rings. The average molecular weight is 502 g/mol.